The Morgan fingerprint density at radius 1 is 1.58 bits per heavy atom. The first-order valence-electron chi connectivity index (χ1n) is 4.04. The second-order valence-electron chi connectivity index (χ2n) is 2.93. The lowest BCUT2D eigenvalue weighted by molar-refractivity contribution is 0.0821. The van der Waals surface area contributed by atoms with Crippen molar-refractivity contribution in [1.29, 1.82) is 0 Å². The van der Waals surface area contributed by atoms with Gasteiger partial charge in [-0.2, -0.15) is 0 Å². The molecule has 66 valence electrons. The summed E-state index contributed by atoms with van der Waals surface area (Å²) in [6.07, 6.45) is 2.69. The van der Waals surface area contributed by atoms with E-state index < -0.39 is 0 Å². The molecule has 1 N–H and O–H groups in total. The highest BCUT2D eigenvalue weighted by molar-refractivity contribution is 5.93. The van der Waals surface area contributed by atoms with Crippen LogP contribution in [0.15, 0.2) is 12.3 Å². The van der Waals surface area contributed by atoms with Crippen LogP contribution in [0.25, 0.3) is 0 Å². The Morgan fingerprint density at radius 3 is 2.75 bits per heavy atom. The van der Waals surface area contributed by atoms with Gasteiger partial charge < -0.3 is 9.88 Å². The van der Waals surface area contributed by atoms with Gasteiger partial charge in [0.25, 0.3) is 5.91 Å². The molecule has 12 heavy (non-hydrogen) atoms. The van der Waals surface area contributed by atoms with E-state index in [4.69, 9.17) is 0 Å². The number of aromatic amines is 1. The molecular weight excluding hydrogens is 152 g/mol. The van der Waals surface area contributed by atoms with E-state index in [1.165, 1.54) is 0 Å². The van der Waals surface area contributed by atoms with Crippen LogP contribution >= 0.6 is 0 Å². The molecule has 0 bridgehead atoms. The summed E-state index contributed by atoms with van der Waals surface area (Å²) in [4.78, 5) is 16.0. The summed E-state index contributed by atoms with van der Waals surface area (Å²) in [6, 6.07) is 1.94. The summed E-state index contributed by atoms with van der Waals surface area (Å²) in [6.45, 7) is 2.04. The summed E-state index contributed by atoms with van der Waals surface area (Å²) < 4.78 is 0. The highest BCUT2D eigenvalue weighted by atomic mass is 16.2. The summed E-state index contributed by atoms with van der Waals surface area (Å²) in [7, 11) is 3.51. The quantitative estimate of drug-likeness (QED) is 0.705. The van der Waals surface area contributed by atoms with Gasteiger partial charge >= 0.3 is 0 Å². The number of hydrogen-bond acceptors (Lipinski definition) is 1. The first-order chi connectivity index (χ1) is 5.66. The normalized spacial score (nSPS) is 9.92. The van der Waals surface area contributed by atoms with Gasteiger partial charge in [-0.05, 0) is 18.1 Å². The average molecular weight is 166 g/mol. The lowest BCUT2D eigenvalue weighted by atomic mass is 10.2. The van der Waals surface area contributed by atoms with Gasteiger partial charge in [-0.25, -0.2) is 0 Å². The van der Waals surface area contributed by atoms with Crippen molar-refractivity contribution in [3.8, 4) is 0 Å². The first-order valence-corrected chi connectivity index (χ1v) is 4.04. The van der Waals surface area contributed by atoms with Crippen LogP contribution in [0.3, 0.4) is 0 Å². The van der Waals surface area contributed by atoms with Gasteiger partial charge in [0.2, 0.25) is 0 Å². The van der Waals surface area contributed by atoms with Crippen LogP contribution in [0.2, 0.25) is 0 Å². The molecule has 0 spiro atoms. The van der Waals surface area contributed by atoms with Crippen molar-refractivity contribution in [3.63, 3.8) is 0 Å². The summed E-state index contributed by atoms with van der Waals surface area (Å²) >= 11 is 0. The largest absolute Gasteiger partial charge is 0.357 e. The minimum Gasteiger partial charge on any atom is -0.357 e. The van der Waals surface area contributed by atoms with Gasteiger partial charge in [0.1, 0.15) is 5.69 Å². The fourth-order valence-electron chi connectivity index (χ4n) is 1.12. The van der Waals surface area contributed by atoms with E-state index >= 15 is 0 Å². The smallest absolute Gasteiger partial charge is 0.270 e. The molecule has 0 aliphatic heterocycles. The van der Waals surface area contributed by atoms with E-state index in [0.29, 0.717) is 5.69 Å². The highest BCUT2D eigenvalue weighted by Gasteiger charge is 2.12. The maximum absolute atomic E-state index is 11.5. The van der Waals surface area contributed by atoms with Crippen molar-refractivity contribution in [2.45, 2.75) is 13.3 Å². The van der Waals surface area contributed by atoms with Crippen molar-refractivity contribution < 1.29 is 4.79 Å². The van der Waals surface area contributed by atoms with Gasteiger partial charge in [0, 0.05) is 20.3 Å². The first kappa shape index (κ1) is 8.84. The standard InChI is InChI=1S/C9H14N2O/c1-4-7-5-6-10-8(7)9(12)11(2)3/h5-6,10H,4H2,1-3H3. The number of aromatic nitrogens is 1. The lowest BCUT2D eigenvalue weighted by Crippen LogP contribution is -2.23. The van der Waals surface area contributed by atoms with Crippen LogP contribution in [0.1, 0.15) is 23.0 Å². The zero-order valence-corrected chi connectivity index (χ0v) is 7.72. The fourth-order valence-corrected chi connectivity index (χ4v) is 1.12. The predicted molar refractivity (Wildman–Crippen MR) is 48.2 cm³/mol. The van der Waals surface area contributed by atoms with Crippen molar-refractivity contribution in [3.05, 3.63) is 23.5 Å². The molecule has 1 rings (SSSR count). The van der Waals surface area contributed by atoms with Gasteiger partial charge in [-0.1, -0.05) is 6.92 Å². The Kier molecular flexibility index (Phi) is 2.53. The topological polar surface area (TPSA) is 36.1 Å². The van der Waals surface area contributed by atoms with Crippen LogP contribution in [0, 0.1) is 0 Å². The van der Waals surface area contributed by atoms with Crippen molar-refractivity contribution in [2.24, 2.45) is 0 Å². The highest BCUT2D eigenvalue weighted by Crippen LogP contribution is 2.08. The number of amides is 1. The zero-order valence-electron chi connectivity index (χ0n) is 7.72. The molecule has 0 unspecified atom stereocenters. The molecule has 1 aromatic rings. The lowest BCUT2D eigenvalue weighted by Gasteiger charge is -2.09. The number of aryl methyl sites for hydroxylation is 1. The Balaban J connectivity index is 2.94. The van der Waals surface area contributed by atoms with E-state index in [1.54, 1.807) is 25.2 Å². The predicted octanol–water partition coefficient (Wildman–Crippen LogP) is 1.28. The number of hydrogen-bond donors (Lipinski definition) is 1. The molecule has 0 atom stereocenters. The molecule has 1 amide bonds. The maximum Gasteiger partial charge on any atom is 0.270 e. The molecule has 3 heteroatoms. The third-order valence-corrected chi connectivity index (χ3v) is 1.83. The van der Waals surface area contributed by atoms with E-state index in [1.807, 2.05) is 13.0 Å². The molecule has 1 aromatic heterocycles. The molecule has 0 saturated heterocycles. The average Bonchev–Trinajstić information content (AvgIpc) is 2.49. The Bertz CT molecular complexity index is 276. The van der Waals surface area contributed by atoms with Crippen molar-refractivity contribution >= 4 is 5.91 Å². The number of rotatable bonds is 2. The number of nitrogens with one attached hydrogen (secondary N) is 1. The molecule has 0 saturated carbocycles. The molecule has 1 heterocycles. The van der Waals surface area contributed by atoms with Gasteiger partial charge in [0.15, 0.2) is 0 Å². The summed E-state index contributed by atoms with van der Waals surface area (Å²) in [5.74, 6) is 0.0388. The number of carbonyl (C=O) groups excluding carboxylic acids is 1. The molecule has 0 fully saturated rings. The Labute approximate surface area is 72.4 Å². The molecule has 0 aliphatic rings. The van der Waals surface area contributed by atoms with Crippen LogP contribution in [-0.4, -0.2) is 29.9 Å². The number of carbonyl (C=O) groups is 1. The molecule has 0 aromatic carbocycles. The minimum atomic E-state index is 0.0388. The van der Waals surface area contributed by atoms with Crippen molar-refractivity contribution in [1.82, 2.24) is 9.88 Å². The van der Waals surface area contributed by atoms with Crippen LogP contribution in [0.5, 0.6) is 0 Å². The zero-order chi connectivity index (χ0) is 9.14. The second kappa shape index (κ2) is 3.43. The Hall–Kier alpha value is -1.25. The van der Waals surface area contributed by atoms with Gasteiger partial charge in [-0.3, -0.25) is 4.79 Å². The fraction of sp³-hybridized carbons (Fsp3) is 0.444. The van der Waals surface area contributed by atoms with Crippen LogP contribution < -0.4 is 0 Å². The second-order valence-corrected chi connectivity index (χ2v) is 2.93. The van der Waals surface area contributed by atoms with Crippen LogP contribution in [-0.2, 0) is 6.42 Å². The van der Waals surface area contributed by atoms with E-state index in [-0.39, 0.29) is 5.91 Å². The minimum absolute atomic E-state index is 0.0388. The van der Waals surface area contributed by atoms with Gasteiger partial charge in [0.05, 0.1) is 0 Å². The third kappa shape index (κ3) is 1.49. The van der Waals surface area contributed by atoms with E-state index in [0.717, 1.165) is 12.0 Å². The van der Waals surface area contributed by atoms with Crippen LogP contribution in [0.4, 0.5) is 0 Å². The molecule has 0 aliphatic carbocycles. The summed E-state index contributed by atoms with van der Waals surface area (Å²) in [5.41, 5.74) is 1.79. The Morgan fingerprint density at radius 2 is 2.25 bits per heavy atom. The van der Waals surface area contributed by atoms with Crippen molar-refractivity contribution in [2.75, 3.05) is 14.1 Å². The molecule has 0 radical (unpaired) electrons. The number of H-pyrrole nitrogens is 1. The third-order valence-electron chi connectivity index (χ3n) is 1.83. The van der Waals surface area contributed by atoms with E-state index in [2.05, 4.69) is 4.98 Å². The van der Waals surface area contributed by atoms with Gasteiger partial charge in [-0.15, -0.1) is 0 Å². The molecular formula is C9H14N2O. The monoisotopic (exact) mass is 166 g/mol. The molecule has 3 nitrogen and oxygen atoms in total. The summed E-state index contributed by atoms with van der Waals surface area (Å²) in [5, 5.41) is 0. The maximum atomic E-state index is 11.5. The number of nitrogens with zero attached hydrogens (tertiary/aromatic N) is 1. The van der Waals surface area contributed by atoms with E-state index in [9.17, 15) is 4.79 Å². The SMILES string of the molecule is CCc1cc[nH]c1C(=O)N(C)C.